The van der Waals surface area contributed by atoms with Crippen LogP contribution in [0, 0.1) is 0 Å². The number of imidazole rings is 1. The number of carbonyl (C=O) groups is 1. The van der Waals surface area contributed by atoms with Gasteiger partial charge in [0.2, 0.25) is 0 Å². The summed E-state index contributed by atoms with van der Waals surface area (Å²) in [5.41, 5.74) is 2.94. The Morgan fingerprint density at radius 1 is 0.881 bits per heavy atom. The SMILES string of the molecule is O=C(O)c1ccc2c(c1)nc(-c1ccc(OCc3ccccc3-c3ccccc3)cc1C(F)(F)F)n2C1CCCCC1. The molecule has 42 heavy (non-hydrogen) atoms. The lowest BCUT2D eigenvalue weighted by Gasteiger charge is -2.26. The van der Waals surface area contributed by atoms with E-state index in [0.29, 0.717) is 11.0 Å². The van der Waals surface area contributed by atoms with Crippen molar-refractivity contribution in [2.45, 2.75) is 50.9 Å². The van der Waals surface area contributed by atoms with Gasteiger partial charge in [-0.15, -0.1) is 0 Å². The van der Waals surface area contributed by atoms with Crippen LogP contribution in [0.2, 0.25) is 0 Å². The average Bonchev–Trinajstić information content (AvgIpc) is 3.39. The van der Waals surface area contributed by atoms with Crippen molar-refractivity contribution in [1.29, 1.82) is 0 Å². The van der Waals surface area contributed by atoms with E-state index in [4.69, 9.17) is 4.74 Å². The third-order valence-corrected chi connectivity index (χ3v) is 7.91. The predicted octanol–water partition coefficient (Wildman–Crippen LogP) is 9.17. The summed E-state index contributed by atoms with van der Waals surface area (Å²) in [6.45, 7) is 0.0975. The molecule has 0 unspecified atom stereocenters. The van der Waals surface area contributed by atoms with Crippen molar-refractivity contribution in [3.05, 3.63) is 108 Å². The zero-order chi connectivity index (χ0) is 29.3. The molecular weight excluding hydrogens is 541 g/mol. The Hall–Kier alpha value is -4.59. The third-order valence-electron chi connectivity index (χ3n) is 7.91. The molecule has 0 aliphatic heterocycles. The van der Waals surface area contributed by atoms with E-state index in [2.05, 4.69) is 4.98 Å². The van der Waals surface area contributed by atoms with Crippen LogP contribution in [0.3, 0.4) is 0 Å². The van der Waals surface area contributed by atoms with Crippen molar-refractivity contribution in [2.24, 2.45) is 0 Å². The van der Waals surface area contributed by atoms with Gasteiger partial charge in [0.25, 0.3) is 0 Å². The molecule has 0 saturated heterocycles. The summed E-state index contributed by atoms with van der Waals surface area (Å²) in [5.74, 6) is -0.827. The summed E-state index contributed by atoms with van der Waals surface area (Å²) in [5, 5.41) is 9.48. The van der Waals surface area contributed by atoms with Crippen molar-refractivity contribution >= 4 is 17.0 Å². The number of halogens is 3. The maximum atomic E-state index is 14.6. The minimum atomic E-state index is -4.67. The molecular formula is C34H29F3N2O3. The number of rotatable bonds is 7. The lowest BCUT2D eigenvalue weighted by molar-refractivity contribution is -0.137. The molecule has 4 aromatic carbocycles. The molecule has 1 aliphatic rings. The first-order valence-electron chi connectivity index (χ1n) is 14.0. The van der Waals surface area contributed by atoms with Gasteiger partial charge in [0, 0.05) is 11.6 Å². The number of nitrogens with zero attached hydrogens (tertiary/aromatic N) is 2. The molecule has 1 N–H and O–H groups in total. The monoisotopic (exact) mass is 570 g/mol. The maximum Gasteiger partial charge on any atom is 0.417 e. The average molecular weight is 571 g/mol. The van der Waals surface area contributed by atoms with E-state index in [1.807, 2.05) is 59.2 Å². The van der Waals surface area contributed by atoms with Gasteiger partial charge in [-0.2, -0.15) is 13.2 Å². The highest BCUT2D eigenvalue weighted by molar-refractivity contribution is 5.93. The Balaban J connectivity index is 1.40. The van der Waals surface area contributed by atoms with E-state index >= 15 is 0 Å². The number of hydrogen-bond donors (Lipinski definition) is 1. The Morgan fingerprint density at radius 2 is 1.62 bits per heavy atom. The van der Waals surface area contributed by atoms with E-state index in [0.717, 1.165) is 54.9 Å². The van der Waals surface area contributed by atoms with Gasteiger partial charge in [-0.1, -0.05) is 73.9 Å². The van der Waals surface area contributed by atoms with E-state index in [1.165, 1.54) is 18.2 Å². The molecule has 0 spiro atoms. The maximum absolute atomic E-state index is 14.6. The fourth-order valence-corrected chi connectivity index (χ4v) is 5.88. The first-order chi connectivity index (χ1) is 20.3. The van der Waals surface area contributed by atoms with E-state index < -0.39 is 17.7 Å². The number of carboxylic acids is 1. The van der Waals surface area contributed by atoms with Gasteiger partial charge in [-0.05, 0) is 65.9 Å². The van der Waals surface area contributed by atoms with E-state index in [1.54, 1.807) is 12.1 Å². The first-order valence-corrected chi connectivity index (χ1v) is 14.0. The lowest BCUT2D eigenvalue weighted by atomic mass is 9.94. The number of ether oxygens (including phenoxy) is 1. The second-order valence-electron chi connectivity index (χ2n) is 10.6. The van der Waals surface area contributed by atoms with Gasteiger partial charge in [0.05, 0.1) is 22.2 Å². The van der Waals surface area contributed by atoms with Gasteiger partial charge >= 0.3 is 12.1 Å². The van der Waals surface area contributed by atoms with Crippen LogP contribution in [0.5, 0.6) is 5.75 Å². The molecule has 5 aromatic rings. The van der Waals surface area contributed by atoms with Gasteiger partial charge in [-0.3, -0.25) is 0 Å². The van der Waals surface area contributed by atoms with Crippen molar-refractivity contribution in [3.8, 4) is 28.3 Å². The summed E-state index contributed by atoms with van der Waals surface area (Å²) < 4.78 is 51.6. The van der Waals surface area contributed by atoms with Gasteiger partial charge < -0.3 is 14.4 Å². The highest BCUT2D eigenvalue weighted by atomic mass is 19.4. The number of fused-ring (bicyclic) bond motifs is 1. The van der Waals surface area contributed by atoms with Crippen molar-refractivity contribution < 1.29 is 27.8 Å². The van der Waals surface area contributed by atoms with Crippen LogP contribution in [-0.2, 0) is 12.8 Å². The molecule has 8 heteroatoms. The first kappa shape index (κ1) is 27.6. The molecule has 6 rings (SSSR count). The van der Waals surface area contributed by atoms with Crippen molar-refractivity contribution in [2.75, 3.05) is 0 Å². The summed E-state index contributed by atoms with van der Waals surface area (Å²) >= 11 is 0. The summed E-state index contributed by atoms with van der Waals surface area (Å²) in [4.78, 5) is 16.2. The van der Waals surface area contributed by atoms with Crippen LogP contribution in [0.1, 0.15) is 59.6 Å². The lowest BCUT2D eigenvalue weighted by Crippen LogP contribution is -2.16. The topological polar surface area (TPSA) is 64.3 Å². The normalized spacial score (nSPS) is 14.3. The second-order valence-corrected chi connectivity index (χ2v) is 10.6. The Morgan fingerprint density at radius 3 is 2.36 bits per heavy atom. The number of benzene rings is 4. The molecule has 0 bridgehead atoms. The fraction of sp³-hybridized carbons (Fsp3) is 0.235. The molecule has 5 nitrogen and oxygen atoms in total. The van der Waals surface area contributed by atoms with Gasteiger partial charge in [-0.25, -0.2) is 9.78 Å². The summed E-state index contributed by atoms with van der Waals surface area (Å²) in [6, 6.07) is 25.9. The number of carboxylic acid groups (broad SMARTS) is 1. The number of alkyl halides is 3. The minimum Gasteiger partial charge on any atom is -0.489 e. The second kappa shape index (κ2) is 11.4. The fourth-order valence-electron chi connectivity index (χ4n) is 5.88. The highest BCUT2D eigenvalue weighted by Crippen LogP contribution is 2.42. The largest absolute Gasteiger partial charge is 0.489 e. The van der Waals surface area contributed by atoms with Crippen LogP contribution in [-0.4, -0.2) is 20.6 Å². The third kappa shape index (κ3) is 5.49. The van der Waals surface area contributed by atoms with Crippen LogP contribution in [0.25, 0.3) is 33.5 Å². The van der Waals surface area contributed by atoms with E-state index in [9.17, 15) is 23.1 Å². The standard InChI is InChI=1S/C34H29F3N2O3/c35-34(36,37)29-20-26(42-21-24-11-7-8-14-27(24)22-9-3-1-4-10-22)16-17-28(29)32-38-30-19-23(33(40)41)15-18-31(30)39(32)25-12-5-2-6-13-25/h1,3-4,7-11,14-20,25H,2,5-6,12-13,21H2,(H,40,41). The molecule has 0 radical (unpaired) electrons. The molecule has 214 valence electrons. The predicted molar refractivity (Wildman–Crippen MR) is 155 cm³/mol. The van der Waals surface area contributed by atoms with Crippen LogP contribution < -0.4 is 4.74 Å². The van der Waals surface area contributed by atoms with Crippen molar-refractivity contribution in [1.82, 2.24) is 9.55 Å². The number of aromatic nitrogens is 2. The smallest absolute Gasteiger partial charge is 0.417 e. The van der Waals surface area contributed by atoms with Crippen LogP contribution >= 0.6 is 0 Å². The van der Waals surface area contributed by atoms with Crippen LogP contribution in [0.15, 0.2) is 91.0 Å². The molecule has 0 amide bonds. The Bertz CT molecular complexity index is 1740. The highest BCUT2D eigenvalue weighted by Gasteiger charge is 2.36. The molecule has 0 atom stereocenters. The zero-order valence-electron chi connectivity index (χ0n) is 22.8. The van der Waals surface area contributed by atoms with Crippen molar-refractivity contribution in [3.63, 3.8) is 0 Å². The summed E-state index contributed by atoms with van der Waals surface area (Å²) in [6.07, 6.45) is -0.00100. The molecule has 1 saturated carbocycles. The zero-order valence-corrected chi connectivity index (χ0v) is 22.8. The number of aromatic carboxylic acids is 1. The minimum absolute atomic E-state index is 0.0269. The molecule has 1 fully saturated rings. The molecule has 1 aromatic heterocycles. The van der Waals surface area contributed by atoms with Crippen LogP contribution in [0.4, 0.5) is 13.2 Å². The van der Waals surface area contributed by atoms with E-state index in [-0.39, 0.29) is 35.3 Å². The Kier molecular flexibility index (Phi) is 7.45. The Labute approximate surface area is 241 Å². The summed E-state index contributed by atoms with van der Waals surface area (Å²) in [7, 11) is 0. The van der Waals surface area contributed by atoms with Gasteiger partial charge in [0.15, 0.2) is 0 Å². The quantitative estimate of drug-likeness (QED) is 0.212. The van der Waals surface area contributed by atoms with Gasteiger partial charge in [0.1, 0.15) is 18.2 Å². The number of hydrogen-bond acceptors (Lipinski definition) is 3. The molecule has 1 heterocycles. The molecule has 1 aliphatic carbocycles.